The van der Waals surface area contributed by atoms with Gasteiger partial charge in [-0.1, -0.05) is 6.07 Å². The standard InChI is InChI=1S/C9H11BrN2O2S.ClH/c10-8-2-1-3-9(12-8)15(13,14)7-4-5-11-6-7;/h1-3,7,11H,4-6H2;1H/t7-;/m0./s1. The molecule has 1 aromatic rings. The van der Waals surface area contributed by atoms with Crippen LogP contribution < -0.4 is 5.32 Å². The number of hydrogen-bond donors (Lipinski definition) is 1. The average Bonchev–Trinajstić information content (AvgIpc) is 2.71. The van der Waals surface area contributed by atoms with Gasteiger partial charge in [-0.05, 0) is 41.0 Å². The molecule has 16 heavy (non-hydrogen) atoms. The first-order chi connectivity index (χ1) is 7.10. The summed E-state index contributed by atoms with van der Waals surface area (Å²) in [7, 11) is -3.26. The van der Waals surface area contributed by atoms with Crippen LogP contribution in [0.5, 0.6) is 0 Å². The summed E-state index contributed by atoms with van der Waals surface area (Å²) in [5, 5.41) is 2.87. The Morgan fingerprint density at radius 2 is 2.19 bits per heavy atom. The van der Waals surface area contributed by atoms with E-state index in [2.05, 4.69) is 26.2 Å². The quantitative estimate of drug-likeness (QED) is 0.834. The molecule has 0 radical (unpaired) electrons. The minimum absolute atomic E-state index is 0. The number of nitrogens with zero attached hydrogens (tertiary/aromatic N) is 1. The van der Waals surface area contributed by atoms with Crippen molar-refractivity contribution in [2.75, 3.05) is 13.1 Å². The van der Waals surface area contributed by atoms with E-state index in [0.29, 0.717) is 17.6 Å². The molecule has 1 aromatic heterocycles. The third-order valence-corrected chi connectivity index (χ3v) is 4.97. The number of pyridine rings is 1. The first-order valence-electron chi connectivity index (χ1n) is 4.68. The van der Waals surface area contributed by atoms with E-state index in [-0.39, 0.29) is 22.7 Å². The van der Waals surface area contributed by atoms with Crippen LogP contribution in [0.1, 0.15) is 6.42 Å². The molecular weight excluding hydrogens is 316 g/mol. The van der Waals surface area contributed by atoms with Crippen LogP contribution in [0, 0.1) is 0 Å². The highest BCUT2D eigenvalue weighted by Gasteiger charge is 2.31. The number of sulfone groups is 1. The summed E-state index contributed by atoms with van der Waals surface area (Å²) in [5.74, 6) is 0. The molecule has 2 heterocycles. The minimum Gasteiger partial charge on any atom is -0.315 e. The van der Waals surface area contributed by atoms with Crippen molar-refractivity contribution in [3.63, 3.8) is 0 Å². The lowest BCUT2D eigenvalue weighted by atomic mass is 10.4. The van der Waals surface area contributed by atoms with Crippen LogP contribution in [0.25, 0.3) is 0 Å². The summed E-state index contributed by atoms with van der Waals surface area (Å²) in [6, 6.07) is 4.94. The van der Waals surface area contributed by atoms with Gasteiger partial charge in [0.15, 0.2) is 14.9 Å². The summed E-state index contributed by atoms with van der Waals surface area (Å²) in [4.78, 5) is 3.99. The third-order valence-electron chi connectivity index (χ3n) is 2.43. The maximum atomic E-state index is 12.1. The van der Waals surface area contributed by atoms with E-state index in [4.69, 9.17) is 0 Å². The van der Waals surface area contributed by atoms with Crippen molar-refractivity contribution in [2.45, 2.75) is 16.7 Å². The van der Waals surface area contributed by atoms with Gasteiger partial charge in [-0.2, -0.15) is 0 Å². The summed E-state index contributed by atoms with van der Waals surface area (Å²) < 4.78 is 24.7. The van der Waals surface area contributed by atoms with Gasteiger partial charge < -0.3 is 5.32 Å². The number of aromatic nitrogens is 1. The van der Waals surface area contributed by atoms with Crippen LogP contribution in [0.4, 0.5) is 0 Å². The molecule has 0 spiro atoms. The maximum absolute atomic E-state index is 12.1. The molecule has 1 aliphatic rings. The van der Waals surface area contributed by atoms with Gasteiger partial charge in [-0.3, -0.25) is 0 Å². The van der Waals surface area contributed by atoms with Crippen molar-refractivity contribution in [3.8, 4) is 0 Å². The van der Waals surface area contributed by atoms with Crippen LogP contribution in [-0.4, -0.2) is 31.7 Å². The largest absolute Gasteiger partial charge is 0.315 e. The Morgan fingerprint density at radius 1 is 1.44 bits per heavy atom. The first-order valence-corrected chi connectivity index (χ1v) is 7.02. The van der Waals surface area contributed by atoms with Gasteiger partial charge >= 0.3 is 0 Å². The fourth-order valence-electron chi connectivity index (χ4n) is 1.61. The molecule has 4 nitrogen and oxygen atoms in total. The zero-order valence-corrected chi connectivity index (χ0v) is 11.6. The fourth-order valence-corrected chi connectivity index (χ4v) is 3.67. The fraction of sp³-hybridized carbons (Fsp3) is 0.444. The van der Waals surface area contributed by atoms with Crippen molar-refractivity contribution in [1.82, 2.24) is 10.3 Å². The smallest absolute Gasteiger partial charge is 0.199 e. The van der Waals surface area contributed by atoms with Crippen LogP contribution in [0.3, 0.4) is 0 Å². The Hall–Kier alpha value is -0.170. The molecule has 2 rings (SSSR count). The Kier molecular flexibility index (Phi) is 4.73. The van der Waals surface area contributed by atoms with Gasteiger partial charge in [-0.25, -0.2) is 13.4 Å². The molecule has 7 heteroatoms. The number of halogens is 2. The minimum atomic E-state index is -3.26. The first kappa shape index (κ1) is 13.9. The van der Waals surface area contributed by atoms with Gasteiger partial charge in [0, 0.05) is 6.54 Å². The zero-order chi connectivity index (χ0) is 10.9. The molecule has 90 valence electrons. The van der Waals surface area contributed by atoms with E-state index in [1.54, 1.807) is 18.2 Å². The second-order valence-electron chi connectivity index (χ2n) is 3.46. The molecule has 1 saturated heterocycles. The summed E-state index contributed by atoms with van der Waals surface area (Å²) >= 11 is 3.17. The summed E-state index contributed by atoms with van der Waals surface area (Å²) in [6.07, 6.45) is 0.663. The highest BCUT2D eigenvalue weighted by molar-refractivity contribution is 9.10. The van der Waals surface area contributed by atoms with E-state index in [1.165, 1.54) is 0 Å². The molecule has 0 unspecified atom stereocenters. The van der Waals surface area contributed by atoms with Crippen LogP contribution in [-0.2, 0) is 9.84 Å². The molecular formula is C9H12BrClN2O2S. The third kappa shape index (κ3) is 2.74. The van der Waals surface area contributed by atoms with E-state index >= 15 is 0 Å². The highest BCUT2D eigenvalue weighted by atomic mass is 79.9. The Balaban J connectivity index is 0.00000128. The van der Waals surface area contributed by atoms with Gasteiger partial charge in [0.25, 0.3) is 0 Å². The molecule has 1 fully saturated rings. The lowest BCUT2D eigenvalue weighted by Gasteiger charge is -2.09. The molecule has 1 aliphatic heterocycles. The highest BCUT2D eigenvalue weighted by Crippen LogP contribution is 2.19. The van der Waals surface area contributed by atoms with Crippen molar-refractivity contribution in [2.24, 2.45) is 0 Å². The van der Waals surface area contributed by atoms with E-state index in [0.717, 1.165) is 6.54 Å². The van der Waals surface area contributed by atoms with Crippen molar-refractivity contribution < 1.29 is 8.42 Å². The topological polar surface area (TPSA) is 59.1 Å². The molecule has 1 N–H and O–H groups in total. The van der Waals surface area contributed by atoms with Crippen molar-refractivity contribution in [1.29, 1.82) is 0 Å². The predicted molar refractivity (Wildman–Crippen MR) is 67.6 cm³/mol. The number of hydrogen-bond acceptors (Lipinski definition) is 4. The lowest BCUT2D eigenvalue weighted by molar-refractivity contribution is 0.579. The molecule has 0 saturated carbocycles. The second kappa shape index (κ2) is 5.44. The van der Waals surface area contributed by atoms with Crippen molar-refractivity contribution >= 4 is 38.2 Å². The van der Waals surface area contributed by atoms with Crippen LogP contribution in [0.15, 0.2) is 27.8 Å². The van der Waals surface area contributed by atoms with Gasteiger partial charge in [-0.15, -0.1) is 12.4 Å². The molecule has 0 aromatic carbocycles. The Labute approximate surface area is 109 Å². The second-order valence-corrected chi connectivity index (χ2v) is 6.45. The summed E-state index contributed by atoms with van der Waals surface area (Å²) in [5.41, 5.74) is 0. The molecule has 0 bridgehead atoms. The van der Waals surface area contributed by atoms with Crippen LogP contribution in [0.2, 0.25) is 0 Å². The van der Waals surface area contributed by atoms with Gasteiger partial charge in [0.2, 0.25) is 0 Å². The number of nitrogens with one attached hydrogen (secondary N) is 1. The zero-order valence-electron chi connectivity index (χ0n) is 8.39. The number of rotatable bonds is 2. The predicted octanol–water partition coefficient (Wildman–Crippen LogP) is 1.40. The Bertz CT molecular complexity index is 460. The lowest BCUT2D eigenvalue weighted by Crippen LogP contribution is -2.24. The normalized spacial score (nSPS) is 20.4. The average molecular weight is 328 g/mol. The van der Waals surface area contributed by atoms with E-state index in [1.807, 2.05) is 0 Å². The van der Waals surface area contributed by atoms with E-state index in [9.17, 15) is 8.42 Å². The SMILES string of the molecule is Cl.O=S(=O)(c1cccc(Br)n1)[C@H]1CCNC1. The maximum Gasteiger partial charge on any atom is 0.199 e. The molecule has 0 aliphatic carbocycles. The Morgan fingerprint density at radius 3 is 2.75 bits per heavy atom. The van der Waals surface area contributed by atoms with Gasteiger partial charge in [0.05, 0.1) is 5.25 Å². The van der Waals surface area contributed by atoms with Gasteiger partial charge in [0.1, 0.15) is 4.60 Å². The molecule has 0 amide bonds. The monoisotopic (exact) mass is 326 g/mol. The van der Waals surface area contributed by atoms with E-state index < -0.39 is 9.84 Å². The van der Waals surface area contributed by atoms with Crippen molar-refractivity contribution in [3.05, 3.63) is 22.8 Å². The summed E-state index contributed by atoms with van der Waals surface area (Å²) in [6.45, 7) is 1.29. The van der Waals surface area contributed by atoms with Crippen LogP contribution >= 0.6 is 28.3 Å². The molecule has 1 atom stereocenters.